The molecule has 2 heterocycles. The third kappa shape index (κ3) is 2.99. The Kier molecular flexibility index (Phi) is 4.52. The van der Waals surface area contributed by atoms with Gasteiger partial charge in [0.15, 0.2) is 11.5 Å². The molecule has 0 aliphatic carbocycles. The summed E-state index contributed by atoms with van der Waals surface area (Å²) in [7, 11) is 0. The Morgan fingerprint density at radius 2 is 1.96 bits per heavy atom. The summed E-state index contributed by atoms with van der Waals surface area (Å²) in [6, 6.07) is 7.58. The van der Waals surface area contributed by atoms with Crippen LogP contribution >= 0.6 is 11.6 Å². The number of esters is 1. The molecule has 0 saturated heterocycles. The van der Waals surface area contributed by atoms with E-state index in [2.05, 4.69) is 6.58 Å². The van der Waals surface area contributed by atoms with Gasteiger partial charge in [0.1, 0.15) is 6.61 Å². The highest BCUT2D eigenvalue weighted by molar-refractivity contribution is 6.32. The highest BCUT2D eigenvalue weighted by atomic mass is 35.5. The minimum atomic E-state index is -0.626. The molecule has 0 bridgehead atoms. The van der Waals surface area contributed by atoms with Crippen LogP contribution in [-0.2, 0) is 11.3 Å². The number of fused-ring (bicyclic) bond motifs is 2. The average Bonchev–Trinajstić information content (AvgIpc) is 3.25. The van der Waals surface area contributed by atoms with E-state index >= 15 is 0 Å². The van der Waals surface area contributed by atoms with E-state index in [0.717, 1.165) is 4.90 Å². The summed E-state index contributed by atoms with van der Waals surface area (Å²) in [5, 5.41) is 0.366. The topological polar surface area (TPSA) is 82.1 Å². The zero-order chi connectivity index (χ0) is 19.8. The van der Waals surface area contributed by atoms with Crippen molar-refractivity contribution in [2.45, 2.75) is 6.61 Å². The van der Waals surface area contributed by atoms with Crippen LogP contribution in [0.15, 0.2) is 43.0 Å². The highest BCUT2D eigenvalue weighted by Crippen LogP contribution is 2.40. The Morgan fingerprint density at radius 3 is 2.75 bits per heavy atom. The first-order valence-corrected chi connectivity index (χ1v) is 8.73. The Bertz CT molecular complexity index is 1030. The zero-order valence-corrected chi connectivity index (χ0v) is 15.3. The molecule has 2 amide bonds. The number of carbonyl (C=O) groups excluding carboxylic acids is 3. The molecule has 8 heteroatoms. The molecule has 2 aromatic rings. The number of nitrogens with zero attached hydrogens (tertiary/aromatic N) is 1. The van der Waals surface area contributed by atoms with Crippen LogP contribution in [0.2, 0.25) is 5.02 Å². The van der Waals surface area contributed by atoms with Gasteiger partial charge in [-0.2, -0.15) is 0 Å². The first-order valence-electron chi connectivity index (χ1n) is 8.36. The molecule has 0 atom stereocenters. The normalized spacial score (nSPS) is 14.2. The van der Waals surface area contributed by atoms with E-state index in [-0.39, 0.29) is 36.6 Å². The van der Waals surface area contributed by atoms with Crippen molar-refractivity contribution in [1.82, 2.24) is 4.90 Å². The van der Waals surface area contributed by atoms with E-state index < -0.39 is 17.8 Å². The van der Waals surface area contributed by atoms with Crippen LogP contribution in [0.4, 0.5) is 0 Å². The van der Waals surface area contributed by atoms with Crippen LogP contribution in [0, 0.1) is 0 Å². The Hall–Kier alpha value is -3.32. The van der Waals surface area contributed by atoms with Gasteiger partial charge in [-0.25, -0.2) is 4.79 Å². The SMILES string of the molecule is C=CCN1C(=O)c2ccc(C(=O)OCc3cc(Cl)c4c(c3)OCO4)cc2C1=O. The van der Waals surface area contributed by atoms with Crippen molar-refractivity contribution in [3.8, 4) is 11.5 Å². The van der Waals surface area contributed by atoms with Gasteiger partial charge >= 0.3 is 5.97 Å². The number of hydrogen-bond acceptors (Lipinski definition) is 6. The molecule has 0 saturated carbocycles. The lowest BCUT2D eigenvalue weighted by atomic mass is 10.1. The van der Waals surface area contributed by atoms with E-state index in [0.29, 0.717) is 22.1 Å². The van der Waals surface area contributed by atoms with Crippen LogP contribution in [-0.4, -0.2) is 36.0 Å². The predicted octanol–water partition coefficient (Wildman–Crippen LogP) is 3.21. The fraction of sp³-hybridized carbons (Fsp3) is 0.150. The van der Waals surface area contributed by atoms with Crippen LogP contribution in [0.5, 0.6) is 11.5 Å². The van der Waals surface area contributed by atoms with Crippen molar-refractivity contribution in [3.05, 3.63) is 70.3 Å². The van der Waals surface area contributed by atoms with Crippen LogP contribution < -0.4 is 9.47 Å². The second-order valence-electron chi connectivity index (χ2n) is 6.16. The number of hydrogen-bond donors (Lipinski definition) is 0. The van der Waals surface area contributed by atoms with Crippen LogP contribution in [0.1, 0.15) is 36.6 Å². The fourth-order valence-corrected chi connectivity index (χ4v) is 3.34. The van der Waals surface area contributed by atoms with Gasteiger partial charge in [-0.15, -0.1) is 6.58 Å². The Morgan fingerprint density at radius 1 is 1.18 bits per heavy atom. The van der Waals surface area contributed by atoms with Crippen LogP contribution in [0.3, 0.4) is 0 Å². The van der Waals surface area contributed by atoms with E-state index in [9.17, 15) is 14.4 Å². The number of halogens is 1. The quantitative estimate of drug-likeness (QED) is 0.436. The Labute approximate surface area is 165 Å². The third-order valence-corrected chi connectivity index (χ3v) is 4.66. The third-order valence-electron chi connectivity index (χ3n) is 4.38. The van der Waals surface area contributed by atoms with E-state index in [1.54, 1.807) is 12.1 Å². The summed E-state index contributed by atoms with van der Waals surface area (Å²) in [4.78, 5) is 38.0. The molecule has 2 aromatic carbocycles. The average molecular weight is 400 g/mol. The predicted molar refractivity (Wildman–Crippen MR) is 98.7 cm³/mol. The van der Waals surface area contributed by atoms with Gasteiger partial charge in [0.2, 0.25) is 6.79 Å². The van der Waals surface area contributed by atoms with Crippen molar-refractivity contribution < 1.29 is 28.6 Å². The van der Waals surface area contributed by atoms with Crippen molar-refractivity contribution >= 4 is 29.4 Å². The summed E-state index contributed by atoms with van der Waals surface area (Å²) < 4.78 is 15.8. The number of ether oxygens (including phenoxy) is 3. The lowest BCUT2D eigenvalue weighted by molar-refractivity contribution is 0.0472. The summed E-state index contributed by atoms with van der Waals surface area (Å²) >= 11 is 6.11. The van der Waals surface area contributed by atoms with Crippen molar-refractivity contribution in [2.24, 2.45) is 0 Å². The van der Waals surface area contributed by atoms with Gasteiger partial charge in [-0.05, 0) is 35.9 Å². The van der Waals surface area contributed by atoms with Gasteiger partial charge in [0.05, 0.1) is 21.7 Å². The highest BCUT2D eigenvalue weighted by Gasteiger charge is 2.35. The number of rotatable bonds is 5. The summed E-state index contributed by atoms with van der Waals surface area (Å²) in [5.74, 6) is -0.545. The molecule has 2 aliphatic rings. The molecule has 0 spiro atoms. The molecule has 7 nitrogen and oxygen atoms in total. The minimum Gasteiger partial charge on any atom is -0.457 e. The number of benzene rings is 2. The largest absolute Gasteiger partial charge is 0.457 e. The van der Waals surface area contributed by atoms with Gasteiger partial charge < -0.3 is 14.2 Å². The van der Waals surface area contributed by atoms with Crippen molar-refractivity contribution in [3.63, 3.8) is 0 Å². The maximum Gasteiger partial charge on any atom is 0.338 e. The molecule has 0 radical (unpaired) electrons. The number of carbonyl (C=O) groups is 3. The van der Waals surface area contributed by atoms with Crippen LogP contribution in [0.25, 0.3) is 0 Å². The van der Waals surface area contributed by atoms with E-state index in [1.165, 1.54) is 24.3 Å². The zero-order valence-electron chi connectivity index (χ0n) is 14.6. The molecular weight excluding hydrogens is 386 g/mol. The molecule has 4 rings (SSSR count). The molecule has 0 N–H and O–H groups in total. The molecule has 2 aliphatic heterocycles. The smallest absolute Gasteiger partial charge is 0.338 e. The molecule has 0 aromatic heterocycles. The summed E-state index contributed by atoms with van der Waals surface area (Å²) in [6.45, 7) is 3.69. The monoisotopic (exact) mass is 399 g/mol. The molecule has 142 valence electrons. The standard InChI is InChI=1S/C20H14ClNO6/c1-2-5-22-18(23)13-4-3-12(8-14(13)19(22)24)20(25)26-9-11-6-15(21)17-16(7-11)27-10-28-17/h2-4,6-8H,1,5,9-10H2. The van der Waals surface area contributed by atoms with Gasteiger partial charge in [-0.1, -0.05) is 17.7 Å². The maximum atomic E-state index is 12.4. The molecule has 0 fully saturated rings. The van der Waals surface area contributed by atoms with Gasteiger partial charge in [-0.3, -0.25) is 14.5 Å². The van der Waals surface area contributed by atoms with E-state index in [4.69, 9.17) is 25.8 Å². The van der Waals surface area contributed by atoms with E-state index in [1.807, 2.05) is 0 Å². The summed E-state index contributed by atoms with van der Waals surface area (Å²) in [6.07, 6.45) is 1.47. The lowest BCUT2D eigenvalue weighted by Crippen LogP contribution is -2.29. The van der Waals surface area contributed by atoms with Crippen molar-refractivity contribution in [1.29, 1.82) is 0 Å². The summed E-state index contributed by atoms with van der Waals surface area (Å²) in [5.41, 5.74) is 1.23. The fourth-order valence-electron chi connectivity index (χ4n) is 3.05. The number of amides is 2. The first-order chi connectivity index (χ1) is 13.5. The molecule has 28 heavy (non-hydrogen) atoms. The van der Waals surface area contributed by atoms with Gasteiger partial charge in [0, 0.05) is 6.54 Å². The Balaban J connectivity index is 1.50. The molecule has 0 unspecified atom stereocenters. The minimum absolute atomic E-state index is 0.0399. The maximum absolute atomic E-state index is 12.4. The van der Waals surface area contributed by atoms with Gasteiger partial charge in [0.25, 0.3) is 11.8 Å². The van der Waals surface area contributed by atoms with Crippen molar-refractivity contribution in [2.75, 3.05) is 13.3 Å². The first kappa shape index (κ1) is 18.1. The molecular formula is C20H14ClNO6. The second kappa shape index (κ2) is 7.01. The second-order valence-corrected chi connectivity index (χ2v) is 6.56. The number of imide groups is 1. The lowest BCUT2D eigenvalue weighted by Gasteiger charge is -2.09.